The third kappa shape index (κ3) is 2.47. The quantitative estimate of drug-likeness (QED) is 0.552. The van der Waals surface area contributed by atoms with Crippen molar-refractivity contribution in [3.8, 4) is 11.5 Å². The van der Waals surface area contributed by atoms with Gasteiger partial charge in [-0.3, -0.25) is 0 Å². The molecule has 0 fully saturated rings. The smallest absolute Gasteiger partial charge is 0.223 e. The van der Waals surface area contributed by atoms with Crippen LogP contribution in [0.4, 0.5) is 0 Å². The predicted molar refractivity (Wildman–Crippen MR) is 56.7 cm³/mol. The van der Waals surface area contributed by atoms with E-state index in [1.165, 1.54) is 12.4 Å². The molecule has 1 aromatic heterocycles. The van der Waals surface area contributed by atoms with Crippen LogP contribution in [0.15, 0.2) is 48.8 Å². The van der Waals surface area contributed by atoms with E-state index in [-0.39, 0.29) is 0 Å². The van der Waals surface area contributed by atoms with Gasteiger partial charge in [0.15, 0.2) is 11.9 Å². The predicted octanol–water partition coefficient (Wildman–Crippen LogP) is 2.42. The van der Waals surface area contributed by atoms with Crippen molar-refractivity contribution < 1.29 is 9.47 Å². The zero-order valence-electron chi connectivity index (χ0n) is 8.38. The standard InChI is InChI=1S/C12H11NO2/c1-10-4-2-5-11(8-10)15-12-6-3-7-13(14)9-12/h2-9H,1H3. The van der Waals surface area contributed by atoms with Crippen molar-refractivity contribution in [2.45, 2.75) is 6.92 Å². The van der Waals surface area contributed by atoms with E-state index in [0.717, 1.165) is 11.3 Å². The van der Waals surface area contributed by atoms with Gasteiger partial charge in [-0.2, -0.15) is 4.73 Å². The molecule has 1 heterocycles. The van der Waals surface area contributed by atoms with Crippen LogP contribution in [0.25, 0.3) is 0 Å². The van der Waals surface area contributed by atoms with E-state index in [9.17, 15) is 5.21 Å². The van der Waals surface area contributed by atoms with Crippen molar-refractivity contribution in [2.24, 2.45) is 0 Å². The summed E-state index contributed by atoms with van der Waals surface area (Å²) in [6.45, 7) is 1.99. The fraction of sp³-hybridized carbons (Fsp3) is 0.0833. The Bertz CT molecular complexity index is 425. The number of aryl methyl sites for hydroxylation is 1. The van der Waals surface area contributed by atoms with E-state index in [1.54, 1.807) is 12.1 Å². The second kappa shape index (κ2) is 4.00. The number of nitrogens with zero attached hydrogens (tertiary/aromatic N) is 1. The average Bonchev–Trinajstić information content (AvgIpc) is 2.17. The minimum absolute atomic E-state index is 0.540. The van der Waals surface area contributed by atoms with E-state index in [0.29, 0.717) is 10.5 Å². The molecule has 1 aromatic carbocycles. The summed E-state index contributed by atoms with van der Waals surface area (Å²) >= 11 is 0. The Balaban J connectivity index is 2.22. The van der Waals surface area contributed by atoms with Gasteiger partial charge in [0, 0.05) is 6.07 Å². The Hall–Kier alpha value is -2.03. The number of pyridine rings is 1. The summed E-state index contributed by atoms with van der Waals surface area (Å²) in [6.07, 6.45) is 2.81. The van der Waals surface area contributed by atoms with Crippen molar-refractivity contribution in [1.82, 2.24) is 0 Å². The number of hydrogen-bond acceptors (Lipinski definition) is 2. The van der Waals surface area contributed by atoms with Crippen molar-refractivity contribution in [1.29, 1.82) is 0 Å². The van der Waals surface area contributed by atoms with E-state index in [4.69, 9.17) is 4.74 Å². The lowest BCUT2D eigenvalue weighted by Gasteiger charge is -2.05. The third-order valence-corrected chi connectivity index (χ3v) is 1.97. The Morgan fingerprint density at radius 3 is 2.67 bits per heavy atom. The highest BCUT2D eigenvalue weighted by atomic mass is 16.5. The molecule has 0 bridgehead atoms. The van der Waals surface area contributed by atoms with Gasteiger partial charge in [0.05, 0.1) is 0 Å². The summed E-state index contributed by atoms with van der Waals surface area (Å²) in [5, 5.41) is 11.0. The van der Waals surface area contributed by atoms with Crippen LogP contribution >= 0.6 is 0 Å². The molecule has 0 saturated heterocycles. The first-order valence-electron chi connectivity index (χ1n) is 4.67. The molecule has 15 heavy (non-hydrogen) atoms. The highest BCUT2D eigenvalue weighted by Crippen LogP contribution is 2.20. The zero-order chi connectivity index (χ0) is 10.7. The van der Waals surface area contributed by atoms with Gasteiger partial charge >= 0.3 is 0 Å². The third-order valence-electron chi connectivity index (χ3n) is 1.97. The molecule has 0 radical (unpaired) electrons. The maximum Gasteiger partial charge on any atom is 0.223 e. The lowest BCUT2D eigenvalue weighted by Crippen LogP contribution is -2.23. The summed E-state index contributed by atoms with van der Waals surface area (Å²) in [6, 6.07) is 11.1. The van der Waals surface area contributed by atoms with Crippen LogP contribution in [0.3, 0.4) is 0 Å². The molecular weight excluding hydrogens is 190 g/mol. The van der Waals surface area contributed by atoms with Gasteiger partial charge in [0.1, 0.15) is 5.75 Å². The summed E-state index contributed by atoms with van der Waals surface area (Å²) in [4.78, 5) is 0. The number of ether oxygens (including phenoxy) is 1. The van der Waals surface area contributed by atoms with Gasteiger partial charge in [-0.15, -0.1) is 0 Å². The summed E-state index contributed by atoms with van der Waals surface area (Å²) in [7, 11) is 0. The largest absolute Gasteiger partial charge is 0.619 e. The molecule has 2 rings (SSSR count). The monoisotopic (exact) mass is 201 g/mol. The molecule has 0 N–H and O–H groups in total. The van der Waals surface area contributed by atoms with Crippen LogP contribution in [0.1, 0.15) is 5.56 Å². The molecular formula is C12H11NO2. The van der Waals surface area contributed by atoms with Crippen LogP contribution < -0.4 is 9.47 Å². The van der Waals surface area contributed by atoms with E-state index >= 15 is 0 Å². The molecule has 0 atom stereocenters. The lowest BCUT2D eigenvalue weighted by molar-refractivity contribution is -0.605. The topological polar surface area (TPSA) is 36.2 Å². The van der Waals surface area contributed by atoms with Crippen LogP contribution in [0, 0.1) is 12.1 Å². The second-order valence-corrected chi connectivity index (χ2v) is 3.32. The first-order chi connectivity index (χ1) is 7.24. The molecule has 3 heteroatoms. The number of rotatable bonds is 2. The highest BCUT2D eigenvalue weighted by molar-refractivity contribution is 5.31. The van der Waals surface area contributed by atoms with Crippen molar-refractivity contribution >= 4 is 0 Å². The van der Waals surface area contributed by atoms with E-state index in [1.807, 2.05) is 31.2 Å². The van der Waals surface area contributed by atoms with Gasteiger partial charge in [0.2, 0.25) is 6.20 Å². The Morgan fingerprint density at radius 2 is 1.93 bits per heavy atom. The number of aromatic nitrogens is 1. The van der Waals surface area contributed by atoms with E-state index < -0.39 is 0 Å². The van der Waals surface area contributed by atoms with Crippen molar-refractivity contribution in [3.63, 3.8) is 0 Å². The second-order valence-electron chi connectivity index (χ2n) is 3.32. The summed E-state index contributed by atoms with van der Waals surface area (Å²) < 4.78 is 6.23. The SMILES string of the molecule is Cc1cccc(Oc2ccc[n+]([O-])c2)c1. The molecule has 0 spiro atoms. The Morgan fingerprint density at radius 1 is 1.13 bits per heavy atom. The Kier molecular flexibility index (Phi) is 2.54. The summed E-state index contributed by atoms with van der Waals surface area (Å²) in [5.74, 6) is 1.28. The first kappa shape index (κ1) is 9.52. The minimum Gasteiger partial charge on any atom is -0.619 e. The van der Waals surface area contributed by atoms with Gasteiger partial charge in [-0.1, -0.05) is 12.1 Å². The normalized spacial score (nSPS) is 9.93. The van der Waals surface area contributed by atoms with Gasteiger partial charge in [0.25, 0.3) is 0 Å². The fourth-order valence-electron chi connectivity index (χ4n) is 1.31. The van der Waals surface area contributed by atoms with Gasteiger partial charge < -0.3 is 9.94 Å². The van der Waals surface area contributed by atoms with Crippen molar-refractivity contribution in [3.05, 3.63) is 59.6 Å². The number of hydrogen-bond donors (Lipinski definition) is 0. The minimum atomic E-state index is 0.540. The average molecular weight is 201 g/mol. The Labute approximate surface area is 88.1 Å². The van der Waals surface area contributed by atoms with E-state index in [2.05, 4.69) is 0 Å². The maximum atomic E-state index is 11.0. The molecule has 3 nitrogen and oxygen atoms in total. The van der Waals surface area contributed by atoms with Gasteiger partial charge in [-0.25, -0.2) is 0 Å². The molecule has 0 unspecified atom stereocenters. The van der Waals surface area contributed by atoms with Gasteiger partial charge in [-0.05, 0) is 30.7 Å². The lowest BCUT2D eigenvalue weighted by atomic mass is 10.2. The van der Waals surface area contributed by atoms with Crippen LogP contribution in [-0.4, -0.2) is 0 Å². The molecule has 0 amide bonds. The molecule has 0 aliphatic heterocycles. The maximum absolute atomic E-state index is 11.0. The molecule has 2 aromatic rings. The molecule has 0 aliphatic rings. The molecule has 0 saturated carbocycles. The van der Waals surface area contributed by atoms with Crippen LogP contribution in [-0.2, 0) is 0 Å². The zero-order valence-corrected chi connectivity index (χ0v) is 8.38. The molecule has 0 aliphatic carbocycles. The van der Waals surface area contributed by atoms with Crippen LogP contribution in [0.5, 0.6) is 11.5 Å². The summed E-state index contributed by atoms with van der Waals surface area (Å²) in [5.41, 5.74) is 1.12. The van der Waals surface area contributed by atoms with Crippen molar-refractivity contribution in [2.75, 3.05) is 0 Å². The highest BCUT2D eigenvalue weighted by Gasteiger charge is 2.00. The number of benzene rings is 1. The first-order valence-corrected chi connectivity index (χ1v) is 4.67. The van der Waals surface area contributed by atoms with Crippen LogP contribution in [0.2, 0.25) is 0 Å². The molecule has 76 valence electrons. The fourth-order valence-corrected chi connectivity index (χ4v) is 1.31.